The van der Waals surface area contributed by atoms with Crippen LogP contribution in [-0.4, -0.2) is 23.9 Å². The SMILES string of the molecule is Cc1sc(NC(=O)CCCCl)c(C(=O)OC(C)C)c1C. The van der Waals surface area contributed by atoms with Crippen LogP contribution in [0.1, 0.15) is 47.5 Å². The summed E-state index contributed by atoms with van der Waals surface area (Å²) in [6.45, 7) is 7.37. The Hall–Kier alpha value is -1.07. The zero-order chi connectivity index (χ0) is 15.3. The molecule has 0 unspecified atom stereocenters. The number of alkyl halides is 1. The highest BCUT2D eigenvalue weighted by molar-refractivity contribution is 7.16. The van der Waals surface area contributed by atoms with Crippen LogP contribution in [-0.2, 0) is 9.53 Å². The third-order valence-corrected chi connectivity index (χ3v) is 4.11. The molecule has 0 bridgehead atoms. The number of amides is 1. The Morgan fingerprint density at radius 2 is 2.00 bits per heavy atom. The first-order valence-corrected chi connectivity index (χ1v) is 7.88. The average molecular weight is 318 g/mol. The second kappa shape index (κ2) is 7.64. The summed E-state index contributed by atoms with van der Waals surface area (Å²) in [7, 11) is 0. The van der Waals surface area contributed by atoms with Gasteiger partial charge in [-0.05, 0) is 39.7 Å². The highest BCUT2D eigenvalue weighted by Crippen LogP contribution is 2.33. The van der Waals surface area contributed by atoms with Crippen molar-refractivity contribution in [2.24, 2.45) is 0 Å². The number of hydrogen-bond acceptors (Lipinski definition) is 4. The highest BCUT2D eigenvalue weighted by Gasteiger charge is 2.22. The van der Waals surface area contributed by atoms with Gasteiger partial charge in [0.1, 0.15) is 5.00 Å². The number of aryl methyl sites for hydroxylation is 1. The minimum atomic E-state index is -0.394. The number of hydrogen-bond donors (Lipinski definition) is 1. The molecule has 0 aliphatic heterocycles. The van der Waals surface area contributed by atoms with Gasteiger partial charge in [0.25, 0.3) is 0 Å². The standard InChI is InChI=1S/C14H20ClNO3S/c1-8(2)19-14(18)12-9(3)10(4)20-13(12)16-11(17)6-5-7-15/h8H,5-7H2,1-4H3,(H,16,17). The second-order valence-corrected chi connectivity index (χ2v) is 6.38. The maximum Gasteiger partial charge on any atom is 0.341 e. The molecule has 0 aromatic carbocycles. The third-order valence-electron chi connectivity index (χ3n) is 2.72. The smallest absolute Gasteiger partial charge is 0.341 e. The van der Waals surface area contributed by atoms with Crippen molar-refractivity contribution in [3.8, 4) is 0 Å². The molecule has 1 heterocycles. The third kappa shape index (κ3) is 4.49. The van der Waals surface area contributed by atoms with E-state index in [1.54, 1.807) is 13.8 Å². The molecule has 0 spiro atoms. The van der Waals surface area contributed by atoms with E-state index >= 15 is 0 Å². The van der Waals surface area contributed by atoms with Crippen LogP contribution in [0.25, 0.3) is 0 Å². The summed E-state index contributed by atoms with van der Waals surface area (Å²) < 4.78 is 5.23. The summed E-state index contributed by atoms with van der Waals surface area (Å²) in [5, 5.41) is 3.34. The molecule has 0 radical (unpaired) electrons. The molecule has 0 saturated carbocycles. The summed E-state index contributed by atoms with van der Waals surface area (Å²) in [6.07, 6.45) is 0.766. The van der Waals surface area contributed by atoms with Crippen molar-refractivity contribution in [3.05, 3.63) is 16.0 Å². The minimum absolute atomic E-state index is 0.134. The molecule has 0 aliphatic carbocycles. The maximum atomic E-state index is 12.1. The lowest BCUT2D eigenvalue weighted by Gasteiger charge is -2.10. The molecule has 1 rings (SSSR count). The summed E-state index contributed by atoms with van der Waals surface area (Å²) in [5.41, 5.74) is 1.31. The molecular weight excluding hydrogens is 298 g/mol. The van der Waals surface area contributed by atoms with Gasteiger partial charge in [0.2, 0.25) is 5.91 Å². The molecule has 1 aromatic rings. The molecule has 1 aromatic heterocycles. The number of halogens is 1. The zero-order valence-electron chi connectivity index (χ0n) is 12.2. The van der Waals surface area contributed by atoms with E-state index in [1.165, 1.54) is 11.3 Å². The fourth-order valence-corrected chi connectivity index (χ4v) is 2.85. The number of carbonyl (C=O) groups excluding carboxylic acids is 2. The van der Waals surface area contributed by atoms with Crippen LogP contribution in [0.4, 0.5) is 5.00 Å². The minimum Gasteiger partial charge on any atom is -0.459 e. The van der Waals surface area contributed by atoms with E-state index in [-0.39, 0.29) is 12.0 Å². The number of ether oxygens (including phenoxy) is 1. The molecule has 0 atom stereocenters. The number of nitrogens with one attached hydrogen (secondary N) is 1. The van der Waals surface area contributed by atoms with Crippen LogP contribution in [0.5, 0.6) is 0 Å². The lowest BCUT2D eigenvalue weighted by atomic mass is 10.1. The Balaban J connectivity index is 2.93. The number of esters is 1. The van der Waals surface area contributed by atoms with Crippen LogP contribution in [0.15, 0.2) is 0 Å². The van der Waals surface area contributed by atoms with Crippen molar-refractivity contribution in [3.63, 3.8) is 0 Å². The average Bonchev–Trinajstić information content (AvgIpc) is 2.61. The van der Waals surface area contributed by atoms with Gasteiger partial charge < -0.3 is 10.1 Å². The molecule has 6 heteroatoms. The van der Waals surface area contributed by atoms with E-state index in [1.807, 2.05) is 13.8 Å². The van der Waals surface area contributed by atoms with Gasteiger partial charge >= 0.3 is 5.97 Å². The van der Waals surface area contributed by atoms with Gasteiger partial charge in [0.05, 0.1) is 11.7 Å². The Labute approximate surface area is 128 Å². The van der Waals surface area contributed by atoms with Gasteiger partial charge in [-0.15, -0.1) is 22.9 Å². The van der Waals surface area contributed by atoms with Gasteiger partial charge in [-0.3, -0.25) is 4.79 Å². The Bertz CT molecular complexity index is 497. The first-order chi connectivity index (χ1) is 9.36. The normalized spacial score (nSPS) is 10.7. The fraction of sp³-hybridized carbons (Fsp3) is 0.571. The maximum absolute atomic E-state index is 12.1. The van der Waals surface area contributed by atoms with Crippen LogP contribution < -0.4 is 5.32 Å². The Morgan fingerprint density at radius 3 is 2.55 bits per heavy atom. The summed E-state index contributed by atoms with van der Waals surface area (Å²) in [5.74, 6) is -0.0852. The summed E-state index contributed by atoms with van der Waals surface area (Å²) in [6, 6.07) is 0. The number of carbonyl (C=O) groups is 2. The monoisotopic (exact) mass is 317 g/mol. The number of thiophene rings is 1. The van der Waals surface area contributed by atoms with Gasteiger partial charge in [-0.2, -0.15) is 0 Å². The van der Waals surface area contributed by atoms with Crippen LogP contribution in [0.2, 0.25) is 0 Å². The molecule has 0 aliphatic rings. The number of rotatable bonds is 6. The first kappa shape index (κ1) is 17.0. The van der Waals surface area contributed by atoms with Crippen LogP contribution in [0, 0.1) is 13.8 Å². The Kier molecular flexibility index (Phi) is 6.49. The largest absolute Gasteiger partial charge is 0.459 e. The van der Waals surface area contributed by atoms with Crippen molar-refractivity contribution in [2.45, 2.75) is 46.6 Å². The fourth-order valence-electron chi connectivity index (χ4n) is 1.65. The van der Waals surface area contributed by atoms with E-state index < -0.39 is 5.97 Å². The summed E-state index contributed by atoms with van der Waals surface area (Å²) >= 11 is 6.96. The molecule has 4 nitrogen and oxygen atoms in total. The molecule has 1 N–H and O–H groups in total. The number of anilines is 1. The zero-order valence-corrected chi connectivity index (χ0v) is 13.8. The highest BCUT2D eigenvalue weighted by atomic mass is 35.5. The first-order valence-electron chi connectivity index (χ1n) is 6.53. The molecule has 0 fully saturated rings. The molecule has 0 saturated heterocycles. The topological polar surface area (TPSA) is 55.4 Å². The quantitative estimate of drug-likeness (QED) is 0.639. The van der Waals surface area contributed by atoms with Crippen molar-refractivity contribution in [1.29, 1.82) is 0 Å². The van der Waals surface area contributed by atoms with Crippen molar-refractivity contribution in [1.82, 2.24) is 0 Å². The van der Waals surface area contributed by atoms with Gasteiger partial charge in [-0.1, -0.05) is 0 Å². The van der Waals surface area contributed by atoms with Gasteiger partial charge in [-0.25, -0.2) is 4.79 Å². The predicted octanol–water partition coefficient (Wildman–Crippen LogP) is 3.89. The van der Waals surface area contributed by atoms with E-state index in [9.17, 15) is 9.59 Å². The van der Waals surface area contributed by atoms with Crippen molar-refractivity contribution in [2.75, 3.05) is 11.2 Å². The second-order valence-electron chi connectivity index (χ2n) is 4.78. The van der Waals surface area contributed by atoms with Crippen LogP contribution >= 0.6 is 22.9 Å². The lowest BCUT2D eigenvalue weighted by molar-refractivity contribution is -0.116. The van der Waals surface area contributed by atoms with Crippen LogP contribution in [0.3, 0.4) is 0 Å². The van der Waals surface area contributed by atoms with Crippen molar-refractivity contribution < 1.29 is 14.3 Å². The van der Waals surface area contributed by atoms with E-state index in [2.05, 4.69) is 5.32 Å². The molecule has 1 amide bonds. The van der Waals surface area contributed by atoms with E-state index in [0.717, 1.165) is 10.4 Å². The van der Waals surface area contributed by atoms with E-state index in [4.69, 9.17) is 16.3 Å². The van der Waals surface area contributed by atoms with Gasteiger partial charge in [0.15, 0.2) is 0 Å². The molecular formula is C14H20ClNO3S. The Morgan fingerprint density at radius 1 is 1.35 bits per heavy atom. The van der Waals surface area contributed by atoms with Gasteiger partial charge in [0, 0.05) is 17.2 Å². The lowest BCUT2D eigenvalue weighted by Crippen LogP contribution is -2.16. The molecule has 20 heavy (non-hydrogen) atoms. The van der Waals surface area contributed by atoms with E-state index in [0.29, 0.717) is 29.3 Å². The van der Waals surface area contributed by atoms with Crippen molar-refractivity contribution >= 4 is 39.8 Å². The molecule has 112 valence electrons. The summed E-state index contributed by atoms with van der Waals surface area (Å²) in [4.78, 5) is 24.9. The predicted molar refractivity (Wildman–Crippen MR) is 82.9 cm³/mol.